The number of hydrogen-bond donors (Lipinski definition) is 5. The number of amides is 6. The van der Waals surface area contributed by atoms with Crippen LogP contribution in [0.1, 0.15) is 193 Å². The van der Waals surface area contributed by atoms with E-state index in [9.17, 15) is 38.0 Å². The van der Waals surface area contributed by atoms with Gasteiger partial charge in [-0.2, -0.15) is 0 Å². The average Bonchev–Trinajstić information content (AvgIpc) is 1.68. The minimum Gasteiger partial charge on any atom is -0.496 e. The van der Waals surface area contributed by atoms with E-state index in [4.69, 9.17) is 23.9 Å². The lowest BCUT2D eigenvalue weighted by Crippen LogP contribution is -2.55. The molecule has 2 saturated heterocycles. The van der Waals surface area contributed by atoms with Crippen molar-refractivity contribution in [3.05, 3.63) is 161 Å². The van der Waals surface area contributed by atoms with Gasteiger partial charge in [0.2, 0.25) is 35.4 Å². The van der Waals surface area contributed by atoms with Crippen molar-refractivity contribution in [1.82, 2.24) is 39.9 Å². The van der Waals surface area contributed by atoms with Crippen molar-refractivity contribution in [3.63, 3.8) is 0 Å². The highest BCUT2D eigenvalue weighted by Gasteiger charge is 2.42. The highest BCUT2D eigenvalue weighted by atomic mass is 19.1. The molecule has 13 rings (SSSR count). The monoisotopic (exact) mass is 1580 g/mol. The summed E-state index contributed by atoms with van der Waals surface area (Å²) in [6.45, 7) is 16.5. The van der Waals surface area contributed by atoms with Gasteiger partial charge < -0.3 is 59.9 Å². The lowest BCUT2D eigenvalue weighted by atomic mass is 9.83. The Bertz CT molecular complexity index is 4550. The summed E-state index contributed by atoms with van der Waals surface area (Å²) < 4.78 is 39.3. The summed E-state index contributed by atoms with van der Waals surface area (Å²) in [5.74, 6) is 0.515. The molecule has 115 heavy (non-hydrogen) atoms. The van der Waals surface area contributed by atoms with Crippen LogP contribution in [0.4, 0.5) is 15.8 Å². The Morgan fingerprint density at radius 2 is 1.23 bits per heavy atom. The molecule has 5 N–H and O–H groups in total. The van der Waals surface area contributed by atoms with E-state index >= 15 is 0 Å². The SMILES string of the molecule is CC[C@@H](C)C(=O)N[C@H](C(=O)N1CCCC1CNc1cn(CCOCCOCCOC)c2cc(F)ccc12)C1CCCCC1.CC[C@@H](C)C(=O)N[C@H](C(=O)N1CCC[C@H]1C1=NC(c2ccc(OC)c3ccccc23)=CC1)C1CCCCC1.CC[C@@H](C)C(=O)Nc1cnc(-c2ccccc2)n(CC(=O)NC2CCCc3ccccc32)c1=O. The molecule has 22 nitrogen and oxygen atoms in total. The zero-order valence-corrected chi connectivity index (χ0v) is 68.9. The fourth-order valence-corrected chi connectivity index (χ4v) is 16.9. The molecule has 4 fully saturated rings. The van der Waals surface area contributed by atoms with E-state index in [0.717, 1.165) is 183 Å². The number of aromatic nitrogens is 3. The number of carbonyl (C=O) groups excluding carboxylic acids is 6. The molecule has 0 radical (unpaired) electrons. The highest BCUT2D eigenvalue weighted by molar-refractivity contribution is 6.06. The zero-order chi connectivity index (χ0) is 81.3. The number of aryl methyl sites for hydroxylation is 1. The van der Waals surface area contributed by atoms with Gasteiger partial charge in [-0.1, -0.05) is 165 Å². The van der Waals surface area contributed by atoms with Crippen LogP contribution in [0.2, 0.25) is 0 Å². The molecule has 3 aliphatic heterocycles. The molecule has 5 heterocycles. The zero-order valence-electron chi connectivity index (χ0n) is 68.9. The maximum absolute atomic E-state index is 14.2. The number of aliphatic imine (C=N–C) groups is 1. The van der Waals surface area contributed by atoms with Crippen LogP contribution in [0.25, 0.3) is 38.8 Å². The second kappa shape index (κ2) is 42.9. The number of likely N-dealkylation sites (tertiary alicyclic amines) is 2. The van der Waals surface area contributed by atoms with Gasteiger partial charge in [-0.15, -0.1) is 0 Å². The van der Waals surface area contributed by atoms with Gasteiger partial charge in [0, 0.05) is 97.3 Å². The number of nitrogens with one attached hydrogen (secondary N) is 5. The molecular weight excluding hydrogens is 1450 g/mol. The van der Waals surface area contributed by atoms with E-state index in [0.29, 0.717) is 64.9 Å². The molecule has 8 atom stereocenters. The molecular formula is C92H122FN11O11. The van der Waals surface area contributed by atoms with Crippen molar-refractivity contribution in [2.45, 2.75) is 220 Å². The Morgan fingerprint density at radius 1 is 0.609 bits per heavy atom. The van der Waals surface area contributed by atoms with E-state index < -0.39 is 17.6 Å². The normalized spacial score (nSPS) is 18.9. The van der Waals surface area contributed by atoms with Crippen molar-refractivity contribution in [3.8, 4) is 17.1 Å². The van der Waals surface area contributed by atoms with Gasteiger partial charge >= 0.3 is 0 Å². The highest BCUT2D eigenvalue weighted by Crippen LogP contribution is 2.39. The molecule has 6 aliphatic rings. The van der Waals surface area contributed by atoms with Crippen LogP contribution in [0, 0.1) is 35.4 Å². The minimum absolute atomic E-state index is 0.000661. The van der Waals surface area contributed by atoms with Crippen LogP contribution < -0.4 is 36.9 Å². The van der Waals surface area contributed by atoms with Crippen molar-refractivity contribution in [2.75, 3.05) is 77.5 Å². The van der Waals surface area contributed by atoms with Gasteiger partial charge in [0.15, 0.2) is 0 Å². The third-order valence-corrected chi connectivity index (χ3v) is 24.3. The second-order valence-electron chi connectivity index (χ2n) is 31.9. The first-order valence-electron chi connectivity index (χ1n) is 42.5. The quantitative estimate of drug-likeness (QED) is 0.0246. The first-order valence-corrected chi connectivity index (χ1v) is 42.5. The van der Waals surface area contributed by atoms with E-state index in [2.05, 4.69) is 61.9 Å². The molecule has 23 heteroatoms. The van der Waals surface area contributed by atoms with Gasteiger partial charge in [-0.25, -0.2) is 9.37 Å². The van der Waals surface area contributed by atoms with E-state index in [1.165, 1.54) is 35.2 Å². The average molecular weight is 1580 g/mol. The van der Waals surface area contributed by atoms with Crippen molar-refractivity contribution in [2.24, 2.45) is 34.6 Å². The Hall–Kier alpha value is -9.58. The van der Waals surface area contributed by atoms with Gasteiger partial charge in [-0.3, -0.25) is 43.1 Å². The number of halogens is 1. The molecule has 6 amide bonds. The molecule has 0 spiro atoms. The summed E-state index contributed by atoms with van der Waals surface area (Å²) in [6.07, 6.45) is 25.9. The van der Waals surface area contributed by atoms with Gasteiger partial charge in [0.25, 0.3) is 5.56 Å². The fraction of sp³-hybridized carbons (Fsp3) is 0.533. The molecule has 5 aromatic carbocycles. The number of hydrogen-bond acceptors (Lipinski definition) is 14. The van der Waals surface area contributed by atoms with Crippen LogP contribution in [-0.4, -0.2) is 156 Å². The molecule has 2 unspecified atom stereocenters. The van der Waals surface area contributed by atoms with Gasteiger partial charge in [0.05, 0.1) is 75.3 Å². The third kappa shape index (κ3) is 22.3. The van der Waals surface area contributed by atoms with Gasteiger partial charge in [0.1, 0.15) is 41.7 Å². The number of benzene rings is 5. The van der Waals surface area contributed by atoms with Gasteiger partial charge in [-0.05, 0) is 149 Å². The summed E-state index contributed by atoms with van der Waals surface area (Å²) in [7, 11) is 3.34. The largest absolute Gasteiger partial charge is 0.496 e. The Morgan fingerprint density at radius 3 is 1.90 bits per heavy atom. The number of anilines is 2. The smallest absolute Gasteiger partial charge is 0.278 e. The summed E-state index contributed by atoms with van der Waals surface area (Å²) in [6, 6.07) is 33.6. The van der Waals surface area contributed by atoms with Crippen LogP contribution >= 0.6 is 0 Å². The second-order valence-corrected chi connectivity index (χ2v) is 31.9. The lowest BCUT2D eigenvalue weighted by Gasteiger charge is -2.35. The maximum atomic E-state index is 14.2. The summed E-state index contributed by atoms with van der Waals surface area (Å²) in [5, 5.41) is 18.8. The molecule has 3 aliphatic carbocycles. The van der Waals surface area contributed by atoms with Crippen LogP contribution in [0.3, 0.4) is 0 Å². The van der Waals surface area contributed by atoms with Crippen LogP contribution in [-0.2, 0) is 62.5 Å². The van der Waals surface area contributed by atoms with E-state index in [1.54, 1.807) is 33.3 Å². The number of fused-ring (bicyclic) bond motifs is 3. The number of allylic oxidation sites excluding steroid dienone is 1. The van der Waals surface area contributed by atoms with Crippen molar-refractivity contribution < 1.29 is 52.1 Å². The number of ether oxygens (including phenoxy) is 4. The predicted molar refractivity (Wildman–Crippen MR) is 452 cm³/mol. The molecule has 2 aromatic heterocycles. The molecule has 7 aromatic rings. The summed E-state index contributed by atoms with van der Waals surface area (Å²) >= 11 is 0. The van der Waals surface area contributed by atoms with Crippen molar-refractivity contribution in [1.29, 1.82) is 0 Å². The van der Waals surface area contributed by atoms with Crippen LogP contribution in [0.5, 0.6) is 5.75 Å². The summed E-state index contributed by atoms with van der Waals surface area (Å²) in [4.78, 5) is 106. The maximum Gasteiger partial charge on any atom is 0.278 e. The molecule has 2 saturated carbocycles. The first-order chi connectivity index (χ1) is 55.9. The van der Waals surface area contributed by atoms with E-state index in [-0.39, 0.29) is 101 Å². The molecule has 0 bridgehead atoms. The Labute approximate surface area is 677 Å². The fourth-order valence-electron chi connectivity index (χ4n) is 16.9. The number of methoxy groups -OCH3 is 2. The Kier molecular flexibility index (Phi) is 32.2. The third-order valence-electron chi connectivity index (χ3n) is 24.3. The van der Waals surface area contributed by atoms with Crippen molar-refractivity contribution >= 4 is 79.9 Å². The standard InChI is InChI=1S/C33H51FN4O5.C32H41N3O3.C27H30N4O3/c1-4-24(2)32(39)36-31(25-9-6-5-7-10-25)33(40)38-14-8-11-27(38)22-35-29-23-37(30-21-26(34)12-13-28(29)30)15-16-42-19-20-43-18-17-41-3;1-4-21(2)31(36)34-30(22-11-6-5-7-12-22)32(37)35-20-10-15-28(35)27-18-17-26(33-27)24-16-19-29(38-3)25-14-9-8-13-23(24)25;1-3-18(2)26(33)30-23-16-28-25(20-11-5-4-6-12-20)31(27(23)34)17-24(32)29-22-15-9-13-19-10-7-8-14-21(19)22/h12-13,21,23-25,27,31,35H,4-11,14-20,22H2,1-3H3,(H,36,39);8-9,13-14,16-17,19,21-22,28,30H,4-7,10-12,15,18,20H2,1-3H3,(H,34,36);4-8,10-12,14,16,18,22H,3,9,13,15,17H2,1-2H3,(H,29,32)(H,30,33)/t24-,27?,31+;21-,28+,30+;18-,22?/m111/s1. The number of carbonyl (C=O) groups is 6. The van der Waals surface area contributed by atoms with Crippen LogP contribution in [0.15, 0.2) is 137 Å². The summed E-state index contributed by atoms with van der Waals surface area (Å²) in [5.41, 5.74) is 7.53. The Balaban J connectivity index is 0.000000171. The lowest BCUT2D eigenvalue weighted by molar-refractivity contribution is -0.139. The topological polar surface area (TPSA) is 258 Å². The minimum atomic E-state index is -0.460. The first kappa shape index (κ1) is 86.3. The number of nitrogens with zero attached hydrogens (tertiary/aromatic N) is 6. The predicted octanol–water partition coefficient (Wildman–Crippen LogP) is 15.2. The van der Waals surface area contributed by atoms with E-state index in [1.807, 2.05) is 122 Å². The molecule has 618 valence electrons. The number of rotatable bonds is 32.